The Hall–Kier alpha value is -2.10. The minimum atomic E-state index is -0.0271. The van der Waals surface area contributed by atoms with Crippen LogP contribution in [0.1, 0.15) is 33.4 Å². The van der Waals surface area contributed by atoms with Gasteiger partial charge < -0.3 is 10.1 Å². The highest BCUT2D eigenvalue weighted by atomic mass is 16.5. The Morgan fingerprint density at radius 2 is 1.90 bits per heavy atom. The van der Waals surface area contributed by atoms with E-state index in [0.29, 0.717) is 0 Å². The van der Waals surface area contributed by atoms with Crippen LogP contribution < -0.4 is 10.1 Å². The molecule has 0 radical (unpaired) electrons. The standard InChI is InChI=1S/C17H23N3O/c1-6-18-15-11-14(17(2,3)4)19-16(20-15)12-8-7-9-13(10-12)21-5/h7-11H,6H2,1-5H3,(H,18,19,20). The van der Waals surface area contributed by atoms with Gasteiger partial charge in [0.2, 0.25) is 0 Å². The molecule has 0 bridgehead atoms. The molecule has 21 heavy (non-hydrogen) atoms. The van der Waals surface area contributed by atoms with Crippen molar-refractivity contribution in [3.05, 3.63) is 36.0 Å². The summed E-state index contributed by atoms with van der Waals surface area (Å²) in [5, 5.41) is 3.28. The van der Waals surface area contributed by atoms with E-state index in [1.165, 1.54) is 0 Å². The number of nitrogens with one attached hydrogen (secondary N) is 1. The van der Waals surface area contributed by atoms with Crippen molar-refractivity contribution in [2.75, 3.05) is 19.0 Å². The summed E-state index contributed by atoms with van der Waals surface area (Å²) in [4.78, 5) is 9.33. The van der Waals surface area contributed by atoms with Crippen molar-refractivity contribution in [1.29, 1.82) is 0 Å². The van der Waals surface area contributed by atoms with E-state index in [1.54, 1.807) is 7.11 Å². The second kappa shape index (κ2) is 6.12. The van der Waals surface area contributed by atoms with Gasteiger partial charge in [0.25, 0.3) is 0 Å². The van der Waals surface area contributed by atoms with Gasteiger partial charge in [0.15, 0.2) is 5.82 Å². The van der Waals surface area contributed by atoms with Gasteiger partial charge in [0.1, 0.15) is 11.6 Å². The van der Waals surface area contributed by atoms with Crippen molar-refractivity contribution in [1.82, 2.24) is 9.97 Å². The summed E-state index contributed by atoms with van der Waals surface area (Å²) in [6.45, 7) is 9.35. The molecule has 112 valence electrons. The largest absolute Gasteiger partial charge is 0.497 e. The highest BCUT2D eigenvalue weighted by molar-refractivity contribution is 5.60. The Bertz CT molecular complexity index is 618. The summed E-state index contributed by atoms with van der Waals surface area (Å²) in [6, 6.07) is 9.85. The number of anilines is 1. The fourth-order valence-corrected chi connectivity index (χ4v) is 1.99. The number of rotatable bonds is 4. The van der Waals surface area contributed by atoms with E-state index < -0.39 is 0 Å². The molecule has 1 aromatic heterocycles. The molecule has 4 heteroatoms. The van der Waals surface area contributed by atoms with E-state index in [2.05, 4.69) is 38.0 Å². The van der Waals surface area contributed by atoms with Gasteiger partial charge in [-0.15, -0.1) is 0 Å². The molecule has 0 amide bonds. The lowest BCUT2D eigenvalue weighted by atomic mass is 9.91. The van der Waals surface area contributed by atoms with Crippen molar-refractivity contribution in [2.24, 2.45) is 0 Å². The summed E-state index contributed by atoms with van der Waals surface area (Å²) >= 11 is 0. The quantitative estimate of drug-likeness (QED) is 0.926. The number of hydrogen-bond acceptors (Lipinski definition) is 4. The van der Waals surface area contributed by atoms with E-state index in [9.17, 15) is 0 Å². The minimum absolute atomic E-state index is 0.0271. The Labute approximate surface area is 126 Å². The molecule has 0 aliphatic carbocycles. The van der Waals surface area contributed by atoms with Crippen LogP contribution in [0.25, 0.3) is 11.4 Å². The van der Waals surface area contributed by atoms with Crippen LogP contribution in [0.15, 0.2) is 30.3 Å². The van der Waals surface area contributed by atoms with E-state index >= 15 is 0 Å². The maximum Gasteiger partial charge on any atom is 0.161 e. The zero-order valence-corrected chi connectivity index (χ0v) is 13.4. The summed E-state index contributed by atoms with van der Waals surface area (Å²) in [5.41, 5.74) is 1.95. The molecular weight excluding hydrogens is 262 g/mol. The summed E-state index contributed by atoms with van der Waals surface area (Å²) in [5.74, 6) is 2.38. The SMILES string of the molecule is CCNc1cc(C(C)(C)C)nc(-c2cccc(OC)c2)n1. The first kappa shape index (κ1) is 15.3. The van der Waals surface area contributed by atoms with Gasteiger partial charge in [0.05, 0.1) is 12.8 Å². The third kappa shape index (κ3) is 3.72. The molecule has 2 aromatic rings. The fourth-order valence-electron chi connectivity index (χ4n) is 1.99. The normalized spacial score (nSPS) is 11.3. The van der Waals surface area contributed by atoms with Gasteiger partial charge in [-0.25, -0.2) is 9.97 Å². The molecular formula is C17H23N3O. The molecule has 1 aromatic carbocycles. The molecule has 1 N–H and O–H groups in total. The van der Waals surface area contributed by atoms with Crippen LogP contribution in [-0.4, -0.2) is 23.6 Å². The van der Waals surface area contributed by atoms with Gasteiger partial charge in [0, 0.05) is 23.6 Å². The monoisotopic (exact) mass is 285 g/mol. The number of hydrogen-bond donors (Lipinski definition) is 1. The summed E-state index contributed by atoms with van der Waals surface area (Å²) in [6.07, 6.45) is 0. The zero-order chi connectivity index (χ0) is 15.5. The van der Waals surface area contributed by atoms with Crippen LogP contribution in [-0.2, 0) is 5.41 Å². The van der Waals surface area contributed by atoms with Gasteiger partial charge >= 0.3 is 0 Å². The van der Waals surface area contributed by atoms with Gasteiger partial charge in [-0.05, 0) is 19.1 Å². The van der Waals surface area contributed by atoms with E-state index in [4.69, 9.17) is 9.72 Å². The molecule has 0 unspecified atom stereocenters. The lowest BCUT2D eigenvalue weighted by Gasteiger charge is -2.19. The maximum absolute atomic E-state index is 5.28. The molecule has 0 spiro atoms. The number of methoxy groups -OCH3 is 1. The number of benzene rings is 1. The van der Waals surface area contributed by atoms with Crippen molar-refractivity contribution in [2.45, 2.75) is 33.1 Å². The third-order valence-corrected chi connectivity index (χ3v) is 3.18. The zero-order valence-electron chi connectivity index (χ0n) is 13.4. The molecule has 4 nitrogen and oxygen atoms in total. The van der Waals surface area contributed by atoms with Crippen molar-refractivity contribution in [3.8, 4) is 17.1 Å². The van der Waals surface area contributed by atoms with Gasteiger partial charge in [-0.3, -0.25) is 0 Å². The number of ether oxygens (including phenoxy) is 1. The lowest BCUT2D eigenvalue weighted by Crippen LogP contribution is -2.16. The lowest BCUT2D eigenvalue weighted by molar-refractivity contribution is 0.415. The first-order valence-corrected chi connectivity index (χ1v) is 7.22. The Kier molecular flexibility index (Phi) is 4.46. The van der Waals surface area contributed by atoms with Crippen LogP contribution in [0.3, 0.4) is 0 Å². The van der Waals surface area contributed by atoms with Crippen LogP contribution in [0, 0.1) is 0 Å². The second-order valence-corrected chi connectivity index (χ2v) is 5.97. The van der Waals surface area contributed by atoms with Crippen molar-refractivity contribution in [3.63, 3.8) is 0 Å². The predicted octanol–water partition coefficient (Wildman–Crippen LogP) is 3.88. The van der Waals surface area contributed by atoms with E-state index in [-0.39, 0.29) is 5.41 Å². The topological polar surface area (TPSA) is 47.0 Å². The maximum atomic E-state index is 5.28. The molecule has 0 atom stereocenters. The number of nitrogens with zero attached hydrogens (tertiary/aromatic N) is 2. The molecule has 2 rings (SSSR count). The third-order valence-electron chi connectivity index (χ3n) is 3.18. The Morgan fingerprint density at radius 1 is 1.14 bits per heavy atom. The van der Waals surface area contributed by atoms with Gasteiger partial charge in [-0.1, -0.05) is 32.9 Å². The highest BCUT2D eigenvalue weighted by Crippen LogP contribution is 2.27. The van der Waals surface area contributed by atoms with Crippen molar-refractivity contribution < 1.29 is 4.74 Å². The van der Waals surface area contributed by atoms with E-state index in [0.717, 1.165) is 35.2 Å². The first-order valence-electron chi connectivity index (χ1n) is 7.22. The Balaban J connectivity index is 2.53. The molecule has 0 saturated heterocycles. The second-order valence-electron chi connectivity index (χ2n) is 5.97. The van der Waals surface area contributed by atoms with Crippen LogP contribution in [0.2, 0.25) is 0 Å². The van der Waals surface area contributed by atoms with Gasteiger partial charge in [-0.2, -0.15) is 0 Å². The molecule has 0 saturated carbocycles. The molecule has 0 aliphatic heterocycles. The summed E-state index contributed by atoms with van der Waals surface area (Å²) < 4.78 is 5.28. The number of aromatic nitrogens is 2. The first-order chi connectivity index (χ1) is 9.94. The van der Waals surface area contributed by atoms with E-state index in [1.807, 2.05) is 30.3 Å². The summed E-state index contributed by atoms with van der Waals surface area (Å²) in [7, 11) is 1.66. The average Bonchev–Trinajstić information content (AvgIpc) is 2.46. The molecule has 0 aliphatic rings. The fraction of sp³-hybridized carbons (Fsp3) is 0.412. The minimum Gasteiger partial charge on any atom is -0.497 e. The Morgan fingerprint density at radius 3 is 2.52 bits per heavy atom. The molecule has 1 heterocycles. The average molecular weight is 285 g/mol. The van der Waals surface area contributed by atoms with Crippen LogP contribution in [0.5, 0.6) is 5.75 Å². The highest BCUT2D eigenvalue weighted by Gasteiger charge is 2.18. The van der Waals surface area contributed by atoms with Crippen molar-refractivity contribution >= 4 is 5.82 Å². The predicted molar refractivity (Wildman–Crippen MR) is 86.9 cm³/mol. The molecule has 0 fully saturated rings. The smallest absolute Gasteiger partial charge is 0.161 e. The van der Waals surface area contributed by atoms with Crippen LogP contribution in [0.4, 0.5) is 5.82 Å². The van der Waals surface area contributed by atoms with Crippen LogP contribution >= 0.6 is 0 Å².